The summed E-state index contributed by atoms with van der Waals surface area (Å²) in [5, 5.41) is 14.8. The summed E-state index contributed by atoms with van der Waals surface area (Å²) in [6, 6.07) is 9.42. The third-order valence-corrected chi connectivity index (χ3v) is 5.34. The molecule has 0 spiro atoms. The van der Waals surface area contributed by atoms with Crippen molar-refractivity contribution in [1.29, 1.82) is 0 Å². The number of hydrogen-bond donors (Lipinski definition) is 3. The molecule has 0 saturated carbocycles. The summed E-state index contributed by atoms with van der Waals surface area (Å²) in [4.78, 5) is 21.0. The minimum Gasteiger partial charge on any atom is -0.341 e. The molecule has 4 aromatic rings. The fourth-order valence-electron chi connectivity index (χ4n) is 3.79. The second-order valence-electron chi connectivity index (χ2n) is 8.13. The smallest absolute Gasteiger partial charge is 0.269 e. The highest BCUT2D eigenvalue weighted by Crippen LogP contribution is 2.26. The number of nitrogens with zero attached hydrogens (tertiary/aromatic N) is 4. The Balaban J connectivity index is 1.59. The summed E-state index contributed by atoms with van der Waals surface area (Å²) in [6.45, 7) is 8.19. The minimum atomic E-state index is -0.224. The first kappa shape index (κ1) is 19.9. The van der Waals surface area contributed by atoms with Gasteiger partial charge in [0.2, 0.25) is 0 Å². The second kappa shape index (κ2) is 7.78. The average molecular weight is 406 g/mol. The van der Waals surface area contributed by atoms with Crippen LogP contribution in [0.4, 0.5) is 0 Å². The number of aryl methyl sites for hydroxylation is 2. The number of aromatic nitrogens is 6. The van der Waals surface area contributed by atoms with Crippen molar-refractivity contribution in [2.75, 3.05) is 0 Å². The maximum absolute atomic E-state index is 13.0. The molecule has 3 N–H and O–H groups in total. The van der Waals surface area contributed by atoms with Crippen LogP contribution < -0.4 is 5.32 Å². The molecule has 8 heteroatoms. The van der Waals surface area contributed by atoms with E-state index in [1.807, 2.05) is 49.8 Å². The Kier molecular flexibility index (Phi) is 5.15. The molecule has 0 aliphatic heterocycles. The Morgan fingerprint density at radius 3 is 2.67 bits per heavy atom. The van der Waals surface area contributed by atoms with Gasteiger partial charge in [-0.05, 0) is 44.4 Å². The number of imidazole rings is 1. The molecule has 3 aromatic heterocycles. The Morgan fingerprint density at radius 1 is 1.23 bits per heavy atom. The number of aromatic amines is 2. The maximum atomic E-state index is 13.0. The van der Waals surface area contributed by atoms with E-state index in [1.54, 1.807) is 6.07 Å². The molecular formula is C22H27N7O. The zero-order valence-electron chi connectivity index (χ0n) is 17.9. The molecule has 156 valence electrons. The van der Waals surface area contributed by atoms with E-state index in [4.69, 9.17) is 0 Å². The van der Waals surface area contributed by atoms with Gasteiger partial charge in [-0.3, -0.25) is 14.6 Å². The molecule has 1 amide bonds. The maximum Gasteiger partial charge on any atom is 0.269 e. The highest BCUT2D eigenvalue weighted by molar-refractivity contribution is 5.93. The Morgan fingerprint density at radius 2 is 2.00 bits per heavy atom. The third kappa shape index (κ3) is 3.72. The lowest BCUT2D eigenvalue weighted by Gasteiger charge is -2.18. The third-order valence-electron chi connectivity index (χ3n) is 5.34. The molecule has 3 heterocycles. The summed E-state index contributed by atoms with van der Waals surface area (Å²) in [6.07, 6.45) is 0.771. The van der Waals surface area contributed by atoms with E-state index >= 15 is 0 Å². The van der Waals surface area contributed by atoms with Crippen molar-refractivity contribution in [3.63, 3.8) is 0 Å². The predicted molar refractivity (Wildman–Crippen MR) is 116 cm³/mol. The predicted octanol–water partition coefficient (Wildman–Crippen LogP) is 3.82. The first-order valence-corrected chi connectivity index (χ1v) is 10.1. The SMILES string of the molecule is Cc1nn(C)c(C)c1-c1cc(C(=O)N[C@@H](CC(C)C)c2nc3ccccc3[nH]2)[nH]n1. The van der Waals surface area contributed by atoms with Crippen molar-refractivity contribution in [1.82, 2.24) is 35.3 Å². The van der Waals surface area contributed by atoms with Gasteiger partial charge in [-0.25, -0.2) is 4.98 Å². The van der Waals surface area contributed by atoms with Crippen molar-refractivity contribution in [3.8, 4) is 11.3 Å². The number of nitrogens with one attached hydrogen (secondary N) is 3. The minimum absolute atomic E-state index is 0.209. The lowest BCUT2D eigenvalue weighted by molar-refractivity contribution is 0.0925. The summed E-state index contributed by atoms with van der Waals surface area (Å²) in [5.74, 6) is 0.942. The lowest BCUT2D eigenvalue weighted by Crippen LogP contribution is -2.30. The number of fused-ring (bicyclic) bond motifs is 1. The van der Waals surface area contributed by atoms with Crippen LogP contribution in [0.5, 0.6) is 0 Å². The van der Waals surface area contributed by atoms with Crippen LogP contribution in [0.1, 0.15) is 54.0 Å². The zero-order valence-corrected chi connectivity index (χ0v) is 17.9. The Bertz CT molecular complexity index is 1160. The average Bonchev–Trinajstić information content (AvgIpc) is 3.39. The number of carbonyl (C=O) groups excluding carboxylic acids is 1. The zero-order chi connectivity index (χ0) is 21.4. The molecule has 30 heavy (non-hydrogen) atoms. The number of rotatable bonds is 6. The lowest BCUT2D eigenvalue weighted by atomic mass is 10.0. The highest BCUT2D eigenvalue weighted by atomic mass is 16.2. The first-order chi connectivity index (χ1) is 14.3. The van der Waals surface area contributed by atoms with Crippen LogP contribution in [0.3, 0.4) is 0 Å². The van der Waals surface area contributed by atoms with E-state index < -0.39 is 0 Å². The van der Waals surface area contributed by atoms with Crippen molar-refractivity contribution < 1.29 is 4.79 Å². The summed E-state index contributed by atoms with van der Waals surface area (Å²) < 4.78 is 1.82. The molecule has 8 nitrogen and oxygen atoms in total. The molecular weight excluding hydrogens is 378 g/mol. The second-order valence-corrected chi connectivity index (χ2v) is 8.13. The fourth-order valence-corrected chi connectivity index (χ4v) is 3.79. The summed E-state index contributed by atoms with van der Waals surface area (Å²) >= 11 is 0. The van der Waals surface area contributed by atoms with Crippen LogP contribution in [0, 0.1) is 19.8 Å². The van der Waals surface area contributed by atoms with Gasteiger partial charge in [-0.2, -0.15) is 10.2 Å². The number of H-pyrrole nitrogens is 2. The summed E-state index contributed by atoms with van der Waals surface area (Å²) in [5.41, 5.74) is 5.82. The van der Waals surface area contributed by atoms with Crippen LogP contribution in [0.15, 0.2) is 30.3 Å². The normalized spacial score (nSPS) is 12.6. The monoisotopic (exact) mass is 405 g/mol. The standard InChI is InChI=1S/C22H27N7O/c1-12(2)10-18(21-23-15-8-6-7-9-16(15)24-21)25-22(30)19-11-17(26-27-19)20-13(3)28-29(5)14(20)4/h6-9,11-12,18H,10H2,1-5H3,(H,23,24)(H,25,30)(H,26,27)/t18-/m0/s1. The first-order valence-electron chi connectivity index (χ1n) is 10.1. The van der Waals surface area contributed by atoms with E-state index in [0.717, 1.165) is 40.2 Å². The molecule has 0 aliphatic carbocycles. The van der Waals surface area contributed by atoms with Crippen molar-refractivity contribution in [2.45, 2.75) is 40.2 Å². The van der Waals surface area contributed by atoms with Gasteiger partial charge in [0.1, 0.15) is 11.5 Å². The topological polar surface area (TPSA) is 104 Å². The molecule has 0 bridgehead atoms. The molecule has 0 radical (unpaired) electrons. The van der Waals surface area contributed by atoms with Crippen LogP contribution in [0.25, 0.3) is 22.3 Å². The Labute approximate surface area is 175 Å². The summed E-state index contributed by atoms with van der Waals surface area (Å²) in [7, 11) is 1.90. The van der Waals surface area contributed by atoms with E-state index in [0.29, 0.717) is 17.3 Å². The molecule has 0 fully saturated rings. The Hall–Kier alpha value is -3.42. The van der Waals surface area contributed by atoms with E-state index in [-0.39, 0.29) is 11.9 Å². The molecule has 1 atom stereocenters. The van der Waals surface area contributed by atoms with Crippen molar-refractivity contribution in [2.24, 2.45) is 13.0 Å². The van der Waals surface area contributed by atoms with Gasteiger partial charge in [0.05, 0.1) is 28.5 Å². The van der Waals surface area contributed by atoms with Crippen LogP contribution in [0.2, 0.25) is 0 Å². The van der Waals surface area contributed by atoms with Gasteiger partial charge in [0, 0.05) is 18.3 Å². The van der Waals surface area contributed by atoms with Gasteiger partial charge in [-0.15, -0.1) is 0 Å². The van der Waals surface area contributed by atoms with Gasteiger partial charge < -0.3 is 10.3 Å². The van der Waals surface area contributed by atoms with Crippen LogP contribution in [-0.2, 0) is 7.05 Å². The van der Waals surface area contributed by atoms with Gasteiger partial charge >= 0.3 is 0 Å². The van der Waals surface area contributed by atoms with Crippen molar-refractivity contribution >= 4 is 16.9 Å². The van der Waals surface area contributed by atoms with Crippen molar-refractivity contribution in [3.05, 3.63) is 53.2 Å². The van der Waals surface area contributed by atoms with E-state index in [9.17, 15) is 4.79 Å². The fraction of sp³-hybridized carbons (Fsp3) is 0.364. The number of benzene rings is 1. The molecule has 0 aliphatic rings. The number of carbonyl (C=O) groups is 1. The van der Waals surface area contributed by atoms with Gasteiger partial charge in [0.25, 0.3) is 5.91 Å². The molecule has 0 unspecified atom stereocenters. The number of para-hydroxylation sites is 2. The van der Waals surface area contributed by atoms with Crippen LogP contribution >= 0.6 is 0 Å². The van der Waals surface area contributed by atoms with Gasteiger partial charge in [0.15, 0.2) is 0 Å². The number of hydrogen-bond acceptors (Lipinski definition) is 4. The van der Waals surface area contributed by atoms with E-state index in [2.05, 4.69) is 44.4 Å². The largest absolute Gasteiger partial charge is 0.341 e. The highest BCUT2D eigenvalue weighted by Gasteiger charge is 2.23. The van der Waals surface area contributed by atoms with E-state index in [1.165, 1.54) is 0 Å². The van der Waals surface area contributed by atoms with Crippen LogP contribution in [-0.4, -0.2) is 35.9 Å². The molecule has 4 rings (SSSR count). The quantitative estimate of drug-likeness (QED) is 0.453. The molecule has 0 saturated heterocycles. The number of amides is 1. The molecule has 1 aromatic carbocycles. The van der Waals surface area contributed by atoms with Gasteiger partial charge in [-0.1, -0.05) is 26.0 Å².